The van der Waals surface area contributed by atoms with Gasteiger partial charge in [-0.25, -0.2) is 0 Å². The summed E-state index contributed by atoms with van der Waals surface area (Å²) in [7, 11) is 1.72. The van der Waals surface area contributed by atoms with Crippen molar-refractivity contribution in [3.63, 3.8) is 0 Å². The normalized spacial score (nSPS) is 12.7. The van der Waals surface area contributed by atoms with E-state index >= 15 is 0 Å². The van der Waals surface area contributed by atoms with Crippen molar-refractivity contribution in [1.82, 2.24) is 5.32 Å². The molecule has 1 atom stereocenters. The van der Waals surface area contributed by atoms with Gasteiger partial charge >= 0.3 is 0 Å². The highest BCUT2D eigenvalue weighted by Gasteiger charge is 2.04. The molecule has 0 saturated carbocycles. The van der Waals surface area contributed by atoms with Crippen LogP contribution in [0.4, 0.5) is 0 Å². The van der Waals surface area contributed by atoms with Crippen LogP contribution in [0.5, 0.6) is 5.75 Å². The molecule has 1 aromatic carbocycles. The van der Waals surface area contributed by atoms with Crippen LogP contribution in [-0.4, -0.2) is 20.2 Å². The van der Waals surface area contributed by atoms with Crippen LogP contribution >= 0.6 is 0 Å². The van der Waals surface area contributed by atoms with Crippen LogP contribution in [0.15, 0.2) is 24.3 Å². The Kier molecular flexibility index (Phi) is 6.81. The van der Waals surface area contributed by atoms with E-state index in [9.17, 15) is 0 Å². The van der Waals surface area contributed by atoms with Crippen LogP contribution in [-0.2, 0) is 6.42 Å². The minimum Gasteiger partial charge on any atom is -0.497 e. The summed E-state index contributed by atoms with van der Waals surface area (Å²) in [6.45, 7) is 9.03. The van der Waals surface area contributed by atoms with Gasteiger partial charge in [-0.05, 0) is 55.5 Å². The third-order valence-electron chi connectivity index (χ3n) is 3.11. The number of hydrogen-bond donors (Lipinski definition) is 1. The molecule has 0 radical (unpaired) electrons. The van der Waals surface area contributed by atoms with E-state index in [0.717, 1.165) is 37.1 Å². The molecule has 0 amide bonds. The van der Waals surface area contributed by atoms with E-state index in [1.54, 1.807) is 7.11 Å². The molecule has 2 nitrogen and oxygen atoms in total. The Balaban J connectivity index is 2.26. The summed E-state index contributed by atoms with van der Waals surface area (Å²) < 4.78 is 5.24. The van der Waals surface area contributed by atoms with E-state index in [-0.39, 0.29) is 0 Å². The van der Waals surface area contributed by atoms with E-state index in [2.05, 4.69) is 44.3 Å². The highest BCUT2D eigenvalue weighted by atomic mass is 16.5. The van der Waals surface area contributed by atoms with Crippen molar-refractivity contribution in [3.05, 3.63) is 29.8 Å². The molecule has 102 valence electrons. The SMILES string of the molecule is COc1cccc(CCC(C)CNCC(C)C)c1. The molecule has 0 aliphatic heterocycles. The Hall–Kier alpha value is -1.02. The highest BCUT2D eigenvalue weighted by molar-refractivity contribution is 5.28. The first-order valence-corrected chi connectivity index (χ1v) is 6.95. The molecule has 1 unspecified atom stereocenters. The topological polar surface area (TPSA) is 21.3 Å². The van der Waals surface area contributed by atoms with Gasteiger partial charge in [0.1, 0.15) is 5.75 Å². The zero-order valence-electron chi connectivity index (χ0n) is 12.2. The fourth-order valence-corrected chi connectivity index (χ4v) is 1.96. The zero-order chi connectivity index (χ0) is 13.4. The lowest BCUT2D eigenvalue weighted by Gasteiger charge is -2.14. The number of hydrogen-bond acceptors (Lipinski definition) is 2. The van der Waals surface area contributed by atoms with Gasteiger partial charge < -0.3 is 10.1 Å². The minimum absolute atomic E-state index is 0.718. The maximum Gasteiger partial charge on any atom is 0.119 e. The van der Waals surface area contributed by atoms with Crippen molar-refractivity contribution >= 4 is 0 Å². The van der Waals surface area contributed by atoms with Gasteiger partial charge in [0.05, 0.1) is 7.11 Å². The Labute approximate surface area is 112 Å². The molecular weight excluding hydrogens is 222 g/mol. The van der Waals surface area contributed by atoms with Crippen molar-refractivity contribution in [3.8, 4) is 5.75 Å². The second-order valence-corrected chi connectivity index (χ2v) is 5.55. The quantitative estimate of drug-likeness (QED) is 0.761. The molecule has 0 aliphatic carbocycles. The summed E-state index contributed by atoms with van der Waals surface area (Å²) in [5.41, 5.74) is 1.37. The lowest BCUT2D eigenvalue weighted by molar-refractivity contribution is 0.413. The second-order valence-electron chi connectivity index (χ2n) is 5.55. The predicted octanol–water partition coefficient (Wildman–Crippen LogP) is 3.51. The molecule has 2 heteroatoms. The third-order valence-corrected chi connectivity index (χ3v) is 3.11. The molecule has 0 bridgehead atoms. The van der Waals surface area contributed by atoms with Crippen LogP contribution in [0, 0.1) is 11.8 Å². The maximum atomic E-state index is 5.24. The van der Waals surface area contributed by atoms with Crippen LogP contribution in [0.2, 0.25) is 0 Å². The molecule has 1 aromatic rings. The number of rotatable bonds is 8. The van der Waals surface area contributed by atoms with Gasteiger partial charge in [0.25, 0.3) is 0 Å². The van der Waals surface area contributed by atoms with E-state index in [0.29, 0.717) is 0 Å². The summed E-state index contributed by atoms with van der Waals surface area (Å²) in [5, 5.41) is 3.52. The molecule has 0 spiro atoms. The number of aryl methyl sites for hydroxylation is 1. The van der Waals surface area contributed by atoms with Gasteiger partial charge in [0, 0.05) is 0 Å². The molecule has 1 rings (SSSR count). The van der Waals surface area contributed by atoms with Gasteiger partial charge in [0.2, 0.25) is 0 Å². The van der Waals surface area contributed by atoms with Gasteiger partial charge in [-0.3, -0.25) is 0 Å². The van der Waals surface area contributed by atoms with Gasteiger partial charge in [-0.15, -0.1) is 0 Å². The van der Waals surface area contributed by atoms with E-state index in [1.807, 2.05) is 6.07 Å². The third kappa shape index (κ3) is 6.06. The zero-order valence-corrected chi connectivity index (χ0v) is 12.2. The summed E-state index contributed by atoms with van der Waals surface area (Å²) in [6, 6.07) is 8.37. The van der Waals surface area contributed by atoms with Crippen molar-refractivity contribution in [2.45, 2.75) is 33.6 Å². The predicted molar refractivity (Wildman–Crippen MR) is 78.2 cm³/mol. The lowest BCUT2D eigenvalue weighted by atomic mass is 10.0. The molecule has 1 N–H and O–H groups in total. The summed E-state index contributed by atoms with van der Waals surface area (Å²) in [6.07, 6.45) is 2.35. The fraction of sp³-hybridized carbons (Fsp3) is 0.625. The Bertz CT molecular complexity index is 336. The number of ether oxygens (including phenoxy) is 1. The first kappa shape index (κ1) is 15.0. The molecular formula is C16H27NO. The molecule has 18 heavy (non-hydrogen) atoms. The number of methoxy groups -OCH3 is 1. The van der Waals surface area contributed by atoms with Crippen molar-refractivity contribution < 1.29 is 4.74 Å². The summed E-state index contributed by atoms with van der Waals surface area (Å²) >= 11 is 0. The average molecular weight is 249 g/mol. The molecule has 0 heterocycles. The van der Waals surface area contributed by atoms with Crippen LogP contribution < -0.4 is 10.1 Å². The minimum atomic E-state index is 0.718. The first-order valence-electron chi connectivity index (χ1n) is 6.95. The standard InChI is InChI=1S/C16H27NO/c1-13(2)11-17-12-14(3)8-9-15-6-5-7-16(10-15)18-4/h5-7,10,13-14,17H,8-9,11-12H2,1-4H3. The Morgan fingerprint density at radius 3 is 2.61 bits per heavy atom. The van der Waals surface area contributed by atoms with E-state index in [4.69, 9.17) is 4.74 Å². The van der Waals surface area contributed by atoms with Crippen molar-refractivity contribution in [1.29, 1.82) is 0 Å². The van der Waals surface area contributed by atoms with Gasteiger partial charge in [-0.2, -0.15) is 0 Å². The summed E-state index contributed by atoms with van der Waals surface area (Å²) in [5.74, 6) is 2.41. The monoisotopic (exact) mass is 249 g/mol. The largest absolute Gasteiger partial charge is 0.497 e. The Morgan fingerprint density at radius 1 is 1.17 bits per heavy atom. The molecule has 0 aliphatic rings. The molecule has 0 aromatic heterocycles. The maximum absolute atomic E-state index is 5.24. The molecule has 0 saturated heterocycles. The van der Waals surface area contributed by atoms with Crippen LogP contribution in [0.3, 0.4) is 0 Å². The van der Waals surface area contributed by atoms with Crippen LogP contribution in [0.1, 0.15) is 32.8 Å². The average Bonchev–Trinajstić information content (AvgIpc) is 2.36. The van der Waals surface area contributed by atoms with E-state index in [1.165, 1.54) is 12.0 Å². The van der Waals surface area contributed by atoms with Crippen LogP contribution in [0.25, 0.3) is 0 Å². The smallest absolute Gasteiger partial charge is 0.119 e. The van der Waals surface area contributed by atoms with Gasteiger partial charge in [0.15, 0.2) is 0 Å². The second kappa shape index (κ2) is 8.15. The summed E-state index contributed by atoms with van der Waals surface area (Å²) in [4.78, 5) is 0. The highest BCUT2D eigenvalue weighted by Crippen LogP contribution is 2.15. The number of nitrogens with one attached hydrogen (secondary N) is 1. The van der Waals surface area contributed by atoms with E-state index < -0.39 is 0 Å². The van der Waals surface area contributed by atoms with Crippen molar-refractivity contribution in [2.24, 2.45) is 11.8 Å². The fourth-order valence-electron chi connectivity index (χ4n) is 1.96. The lowest BCUT2D eigenvalue weighted by Crippen LogP contribution is -2.25. The number of benzene rings is 1. The Morgan fingerprint density at radius 2 is 1.94 bits per heavy atom. The first-order chi connectivity index (χ1) is 8.61. The van der Waals surface area contributed by atoms with Crippen molar-refractivity contribution in [2.75, 3.05) is 20.2 Å². The van der Waals surface area contributed by atoms with Gasteiger partial charge in [-0.1, -0.05) is 32.9 Å². The molecule has 0 fully saturated rings.